The van der Waals surface area contributed by atoms with Crippen molar-refractivity contribution in [3.8, 4) is 0 Å². The van der Waals surface area contributed by atoms with Crippen molar-refractivity contribution in [1.82, 2.24) is 5.32 Å². The molecule has 0 amide bonds. The standard InChI is InChI=1S/C17H17ClFNS.BrH/c18-15-3-1-2-4-17(15)21-16-6-5-13(19)11-14(16)12-7-9-20-10-8-12;/h1-6,11-12,20H,7-10H2;1H. The summed E-state index contributed by atoms with van der Waals surface area (Å²) < 4.78 is 13.7. The summed E-state index contributed by atoms with van der Waals surface area (Å²) in [5, 5.41) is 4.09. The van der Waals surface area contributed by atoms with Crippen LogP contribution in [-0.4, -0.2) is 13.1 Å². The molecule has 1 saturated heterocycles. The minimum atomic E-state index is -0.160. The lowest BCUT2D eigenvalue weighted by atomic mass is 9.90. The van der Waals surface area contributed by atoms with Gasteiger partial charge in [0.2, 0.25) is 0 Å². The molecule has 0 spiro atoms. The Kier molecular flexibility index (Phi) is 6.75. The van der Waals surface area contributed by atoms with Crippen LogP contribution >= 0.6 is 40.3 Å². The second-order valence-corrected chi connectivity index (χ2v) is 6.73. The van der Waals surface area contributed by atoms with Gasteiger partial charge in [-0.2, -0.15) is 0 Å². The van der Waals surface area contributed by atoms with Crippen LogP contribution in [0, 0.1) is 5.82 Å². The molecule has 1 aliphatic heterocycles. The van der Waals surface area contributed by atoms with Crippen LogP contribution in [0.4, 0.5) is 4.39 Å². The predicted molar refractivity (Wildman–Crippen MR) is 97.1 cm³/mol. The molecule has 118 valence electrons. The van der Waals surface area contributed by atoms with Crippen LogP contribution in [0.3, 0.4) is 0 Å². The number of rotatable bonds is 3. The quantitative estimate of drug-likeness (QED) is 0.709. The van der Waals surface area contributed by atoms with Crippen molar-refractivity contribution in [2.75, 3.05) is 13.1 Å². The number of piperidine rings is 1. The maximum atomic E-state index is 13.7. The minimum Gasteiger partial charge on any atom is -0.317 e. The first-order chi connectivity index (χ1) is 10.2. The number of halogens is 3. The molecule has 0 atom stereocenters. The Morgan fingerprint density at radius 2 is 1.77 bits per heavy atom. The average molecular weight is 403 g/mol. The minimum absolute atomic E-state index is 0. The first kappa shape index (κ1) is 17.8. The Bertz CT molecular complexity index is 632. The zero-order valence-electron chi connectivity index (χ0n) is 12.0. The fraction of sp³-hybridized carbons (Fsp3) is 0.294. The van der Waals surface area contributed by atoms with Crippen molar-refractivity contribution in [3.05, 3.63) is 58.9 Å². The van der Waals surface area contributed by atoms with E-state index in [0.29, 0.717) is 5.92 Å². The van der Waals surface area contributed by atoms with Crippen molar-refractivity contribution >= 4 is 40.3 Å². The predicted octanol–water partition coefficient (Wildman–Crippen LogP) is 5.68. The van der Waals surface area contributed by atoms with Crippen molar-refractivity contribution in [3.63, 3.8) is 0 Å². The van der Waals surface area contributed by atoms with Crippen molar-refractivity contribution < 1.29 is 4.39 Å². The van der Waals surface area contributed by atoms with E-state index >= 15 is 0 Å². The third-order valence-corrected chi connectivity index (χ3v) is 5.42. The number of hydrogen-bond acceptors (Lipinski definition) is 2. The van der Waals surface area contributed by atoms with Gasteiger partial charge in [-0.05, 0) is 67.7 Å². The van der Waals surface area contributed by atoms with Gasteiger partial charge < -0.3 is 5.32 Å². The number of nitrogens with one attached hydrogen (secondary N) is 1. The maximum absolute atomic E-state index is 13.7. The van der Waals surface area contributed by atoms with E-state index in [-0.39, 0.29) is 22.8 Å². The molecule has 1 nitrogen and oxygen atoms in total. The van der Waals surface area contributed by atoms with Gasteiger partial charge in [0.25, 0.3) is 0 Å². The van der Waals surface area contributed by atoms with E-state index < -0.39 is 0 Å². The van der Waals surface area contributed by atoms with E-state index in [1.54, 1.807) is 17.8 Å². The zero-order chi connectivity index (χ0) is 14.7. The number of benzene rings is 2. The molecular weight excluding hydrogens is 385 g/mol. The molecule has 5 heteroatoms. The summed E-state index contributed by atoms with van der Waals surface area (Å²) >= 11 is 7.86. The van der Waals surface area contributed by atoms with Gasteiger partial charge in [0.1, 0.15) is 5.82 Å². The van der Waals surface area contributed by atoms with Crippen LogP contribution in [0.5, 0.6) is 0 Å². The molecule has 1 heterocycles. The molecule has 0 unspecified atom stereocenters. The van der Waals surface area contributed by atoms with Gasteiger partial charge in [-0.25, -0.2) is 4.39 Å². The van der Waals surface area contributed by atoms with Crippen molar-refractivity contribution in [2.24, 2.45) is 0 Å². The number of hydrogen-bond donors (Lipinski definition) is 1. The molecule has 3 rings (SSSR count). The smallest absolute Gasteiger partial charge is 0.123 e. The SMILES string of the molecule is Br.Fc1ccc(Sc2ccccc2Cl)c(C2CCNCC2)c1. The molecule has 0 bridgehead atoms. The summed E-state index contributed by atoms with van der Waals surface area (Å²) in [5.41, 5.74) is 1.11. The van der Waals surface area contributed by atoms with Gasteiger partial charge in [0.05, 0.1) is 5.02 Å². The molecule has 0 aromatic heterocycles. The Morgan fingerprint density at radius 1 is 1.05 bits per heavy atom. The highest BCUT2D eigenvalue weighted by atomic mass is 79.9. The summed E-state index contributed by atoms with van der Waals surface area (Å²) in [7, 11) is 0. The lowest BCUT2D eigenvalue weighted by Crippen LogP contribution is -2.26. The molecule has 0 saturated carbocycles. The maximum Gasteiger partial charge on any atom is 0.123 e. The molecular formula is C17H18BrClFNS. The normalized spacial score (nSPS) is 15.4. The van der Waals surface area contributed by atoms with E-state index in [1.165, 1.54) is 6.07 Å². The fourth-order valence-electron chi connectivity index (χ4n) is 2.71. The molecule has 22 heavy (non-hydrogen) atoms. The molecule has 1 fully saturated rings. The molecule has 1 N–H and O–H groups in total. The van der Waals surface area contributed by atoms with Crippen LogP contribution in [-0.2, 0) is 0 Å². The van der Waals surface area contributed by atoms with Gasteiger partial charge in [-0.15, -0.1) is 17.0 Å². The molecule has 2 aromatic rings. The van der Waals surface area contributed by atoms with Gasteiger partial charge in [-0.1, -0.05) is 35.5 Å². The van der Waals surface area contributed by atoms with Crippen LogP contribution < -0.4 is 5.32 Å². The zero-order valence-corrected chi connectivity index (χ0v) is 15.3. The van der Waals surface area contributed by atoms with Crippen LogP contribution in [0.2, 0.25) is 5.02 Å². The summed E-state index contributed by atoms with van der Waals surface area (Å²) in [6.07, 6.45) is 2.11. The van der Waals surface area contributed by atoms with Gasteiger partial charge in [0.15, 0.2) is 0 Å². The van der Waals surface area contributed by atoms with Crippen LogP contribution in [0.25, 0.3) is 0 Å². The molecule has 0 radical (unpaired) electrons. The summed E-state index contributed by atoms with van der Waals surface area (Å²) in [4.78, 5) is 2.12. The molecule has 1 aliphatic rings. The summed E-state index contributed by atoms with van der Waals surface area (Å²) in [5.74, 6) is 0.263. The summed E-state index contributed by atoms with van der Waals surface area (Å²) in [6, 6.07) is 12.9. The first-order valence-corrected chi connectivity index (χ1v) is 8.36. The third kappa shape index (κ3) is 4.25. The monoisotopic (exact) mass is 401 g/mol. The Morgan fingerprint density at radius 3 is 2.50 bits per heavy atom. The van der Waals surface area contributed by atoms with Gasteiger partial charge >= 0.3 is 0 Å². The molecule has 2 aromatic carbocycles. The highest BCUT2D eigenvalue weighted by molar-refractivity contribution is 8.93. The van der Waals surface area contributed by atoms with Gasteiger partial charge in [0, 0.05) is 9.79 Å². The summed E-state index contributed by atoms with van der Waals surface area (Å²) in [6.45, 7) is 1.99. The largest absolute Gasteiger partial charge is 0.317 e. The Hall–Kier alpha value is -0.550. The van der Waals surface area contributed by atoms with E-state index in [1.807, 2.05) is 30.3 Å². The third-order valence-electron chi connectivity index (χ3n) is 3.81. The fourth-order valence-corrected chi connectivity index (χ4v) is 3.99. The first-order valence-electron chi connectivity index (χ1n) is 7.16. The van der Waals surface area contributed by atoms with E-state index in [0.717, 1.165) is 46.3 Å². The van der Waals surface area contributed by atoms with E-state index in [4.69, 9.17) is 11.6 Å². The van der Waals surface area contributed by atoms with Gasteiger partial charge in [-0.3, -0.25) is 0 Å². The van der Waals surface area contributed by atoms with Crippen molar-refractivity contribution in [1.29, 1.82) is 0 Å². The highest BCUT2D eigenvalue weighted by Crippen LogP contribution is 2.39. The lowest BCUT2D eigenvalue weighted by Gasteiger charge is -2.25. The topological polar surface area (TPSA) is 12.0 Å². The van der Waals surface area contributed by atoms with E-state index in [2.05, 4.69) is 5.32 Å². The Balaban J connectivity index is 0.00000176. The van der Waals surface area contributed by atoms with E-state index in [9.17, 15) is 4.39 Å². The van der Waals surface area contributed by atoms with Crippen LogP contribution in [0.15, 0.2) is 52.3 Å². The van der Waals surface area contributed by atoms with Crippen molar-refractivity contribution in [2.45, 2.75) is 28.6 Å². The molecule has 0 aliphatic carbocycles. The Labute approximate surface area is 150 Å². The average Bonchev–Trinajstić information content (AvgIpc) is 2.52. The van der Waals surface area contributed by atoms with Crippen LogP contribution in [0.1, 0.15) is 24.3 Å². The highest BCUT2D eigenvalue weighted by Gasteiger charge is 2.19. The lowest BCUT2D eigenvalue weighted by molar-refractivity contribution is 0.454. The second kappa shape index (κ2) is 8.34. The second-order valence-electron chi connectivity index (χ2n) is 5.24.